The van der Waals surface area contributed by atoms with E-state index in [-0.39, 0.29) is 17.6 Å². The number of rotatable bonds is 4. The van der Waals surface area contributed by atoms with Crippen molar-refractivity contribution in [3.63, 3.8) is 0 Å². The van der Waals surface area contributed by atoms with Crippen LogP contribution in [-0.4, -0.2) is 35.6 Å². The third-order valence-electron chi connectivity index (χ3n) is 4.59. The number of benzene rings is 1. The van der Waals surface area contributed by atoms with E-state index in [2.05, 4.69) is 0 Å². The van der Waals surface area contributed by atoms with Crippen LogP contribution in [0.2, 0.25) is 0 Å². The van der Waals surface area contributed by atoms with Gasteiger partial charge in [-0.05, 0) is 37.5 Å². The molecule has 0 aliphatic heterocycles. The highest BCUT2D eigenvalue weighted by Gasteiger charge is 2.39. The summed E-state index contributed by atoms with van der Waals surface area (Å²) in [6, 6.07) is 5.13. The van der Waals surface area contributed by atoms with E-state index in [4.69, 9.17) is 10.5 Å². The molecule has 0 radical (unpaired) electrons. The maximum atomic E-state index is 12.7. The fraction of sp³-hybridized carbons (Fsp3) is 0.588. The molecule has 122 valence electrons. The van der Waals surface area contributed by atoms with Crippen LogP contribution in [0.5, 0.6) is 11.5 Å². The fourth-order valence-electron chi connectivity index (χ4n) is 3.20. The third-order valence-corrected chi connectivity index (χ3v) is 4.59. The number of methoxy groups -OCH3 is 1. The zero-order valence-corrected chi connectivity index (χ0v) is 13.6. The SMILES string of the molecule is COc1cc(CN(C)C(=O)C2CCCCC2(C)N)ccc1O. The van der Waals surface area contributed by atoms with Gasteiger partial charge in [0.1, 0.15) is 0 Å². The number of nitrogens with two attached hydrogens (primary N) is 1. The van der Waals surface area contributed by atoms with E-state index < -0.39 is 5.54 Å². The number of amides is 1. The van der Waals surface area contributed by atoms with Crippen LogP contribution in [0.1, 0.15) is 38.2 Å². The molecular formula is C17H26N2O3. The molecule has 22 heavy (non-hydrogen) atoms. The lowest BCUT2D eigenvalue weighted by Crippen LogP contribution is -2.53. The Labute approximate surface area is 132 Å². The molecule has 0 aromatic heterocycles. The first-order valence-corrected chi connectivity index (χ1v) is 7.75. The van der Waals surface area contributed by atoms with Gasteiger partial charge in [-0.3, -0.25) is 4.79 Å². The largest absolute Gasteiger partial charge is 0.504 e. The summed E-state index contributed by atoms with van der Waals surface area (Å²) in [5.41, 5.74) is 6.82. The second-order valence-corrected chi connectivity index (χ2v) is 6.50. The molecule has 5 heteroatoms. The molecule has 1 aliphatic carbocycles. The van der Waals surface area contributed by atoms with Crippen molar-refractivity contribution in [3.8, 4) is 11.5 Å². The summed E-state index contributed by atoms with van der Waals surface area (Å²) >= 11 is 0. The van der Waals surface area contributed by atoms with E-state index in [1.165, 1.54) is 7.11 Å². The highest BCUT2D eigenvalue weighted by Crippen LogP contribution is 2.33. The average Bonchev–Trinajstić information content (AvgIpc) is 2.48. The molecule has 0 heterocycles. The van der Waals surface area contributed by atoms with Crippen molar-refractivity contribution in [2.45, 2.75) is 44.7 Å². The molecule has 3 N–H and O–H groups in total. The van der Waals surface area contributed by atoms with Crippen LogP contribution in [-0.2, 0) is 11.3 Å². The quantitative estimate of drug-likeness (QED) is 0.894. The molecule has 1 aromatic carbocycles. The highest BCUT2D eigenvalue weighted by molar-refractivity contribution is 5.80. The maximum Gasteiger partial charge on any atom is 0.227 e. The Hall–Kier alpha value is -1.75. The summed E-state index contributed by atoms with van der Waals surface area (Å²) in [6.45, 7) is 2.45. The monoisotopic (exact) mass is 306 g/mol. The second kappa shape index (κ2) is 6.57. The molecule has 0 spiro atoms. The van der Waals surface area contributed by atoms with Gasteiger partial charge in [-0.25, -0.2) is 0 Å². The predicted molar refractivity (Wildman–Crippen MR) is 85.7 cm³/mol. The summed E-state index contributed by atoms with van der Waals surface area (Å²) in [6.07, 6.45) is 3.90. The number of aromatic hydroxyl groups is 1. The van der Waals surface area contributed by atoms with Gasteiger partial charge < -0.3 is 20.5 Å². The lowest BCUT2D eigenvalue weighted by Gasteiger charge is -2.39. The summed E-state index contributed by atoms with van der Waals surface area (Å²) in [5.74, 6) is 0.490. The Morgan fingerprint density at radius 3 is 2.86 bits per heavy atom. The first-order valence-electron chi connectivity index (χ1n) is 7.75. The number of carbonyl (C=O) groups excluding carboxylic acids is 1. The Bertz CT molecular complexity index is 543. The molecule has 0 bridgehead atoms. The Morgan fingerprint density at radius 1 is 1.50 bits per heavy atom. The summed E-state index contributed by atoms with van der Waals surface area (Å²) in [7, 11) is 3.31. The van der Waals surface area contributed by atoms with Gasteiger partial charge in [-0.2, -0.15) is 0 Å². The maximum absolute atomic E-state index is 12.7. The minimum Gasteiger partial charge on any atom is -0.504 e. The molecule has 1 saturated carbocycles. The molecular weight excluding hydrogens is 280 g/mol. The van der Waals surface area contributed by atoms with Gasteiger partial charge in [-0.15, -0.1) is 0 Å². The number of hydrogen-bond acceptors (Lipinski definition) is 4. The van der Waals surface area contributed by atoms with Crippen molar-refractivity contribution >= 4 is 5.91 Å². The van der Waals surface area contributed by atoms with E-state index in [1.807, 2.05) is 6.92 Å². The van der Waals surface area contributed by atoms with E-state index in [0.29, 0.717) is 12.3 Å². The van der Waals surface area contributed by atoms with Crippen molar-refractivity contribution in [3.05, 3.63) is 23.8 Å². The fourth-order valence-corrected chi connectivity index (χ4v) is 3.20. The normalized spacial score (nSPS) is 24.8. The summed E-state index contributed by atoms with van der Waals surface area (Å²) in [4.78, 5) is 14.4. The molecule has 2 unspecified atom stereocenters. The van der Waals surface area contributed by atoms with Gasteiger partial charge in [0, 0.05) is 19.1 Å². The van der Waals surface area contributed by atoms with Crippen molar-refractivity contribution < 1.29 is 14.6 Å². The van der Waals surface area contributed by atoms with Gasteiger partial charge in [0.05, 0.1) is 13.0 Å². The average molecular weight is 306 g/mol. The molecule has 2 atom stereocenters. The van der Waals surface area contributed by atoms with E-state index in [9.17, 15) is 9.90 Å². The Kier molecular flexibility index (Phi) is 4.96. The minimum absolute atomic E-state index is 0.0942. The smallest absolute Gasteiger partial charge is 0.227 e. The number of carbonyl (C=O) groups is 1. The highest BCUT2D eigenvalue weighted by atomic mass is 16.5. The summed E-state index contributed by atoms with van der Waals surface area (Å²) < 4.78 is 5.10. The van der Waals surface area contributed by atoms with Gasteiger partial charge in [0.15, 0.2) is 11.5 Å². The van der Waals surface area contributed by atoms with Crippen LogP contribution in [0.25, 0.3) is 0 Å². The van der Waals surface area contributed by atoms with Crippen molar-refractivity contribution in [2.24, 2.45) is 11.7 Å². The van der Waals surface area contributed by atoms with Gasteiger partial charge >= 0.3 is 0 Å². The van der Waals surface area contributed by atoms with E-state index in [1.54, 1.807) is 30.1 Å². The number of phenols is 1. The minimum atomic E-state index is -0.420. The molecule has 1 aromatic rings. The van der Waals surface area contributed by atoms with Crippen molar-refractivity contribution in [2.75, 3.05) is 14.2 Å². The molecule has 5 nitrogen and oxygen atoms in total. The number of phenolic OH excluding ortho intramolecular Hbond substituents is 1. The molecule has 1 fully saturated rings. The van der Waals surface area contributed by atoms with Crippen LogP contribution < -0.4 is 10.5 Å². The first kappa shape index (κ1) is 16.6. The number of hydrogen-bond donors (Lipinski definition) is 2. The zero-order chi connectivity index (χ0) is 16.3. The number of nitrogens with zero attached hydrogens (tertiary/aromatic N) is 1. The molecule has 2 rings (SSSR count). The number of ether oxygens (including phenoxy) is 1. The predicted octanol–water partition coefficient (Wildman–Crippen LogP) is 2.27. The Balaban J connectivity index is 2.08. The first-order chi connectivity index (χ1) is 10.3. The van der Waals surface area contributed by atoms with Gasteiger partial charge in [0.25, 0.3) is 0 Å². The van der Waals surface area contributed by atoms with Crippen molar-refractivity contribution in [1.82, 2.24) is 4.90 Å². The van der Waals surface area contributed by atoms with E-state index in [0.717, 1.165) is 31.2 Å². The van der Waals surface area contributed by atoms with Crippen LogP contribution in [0.15, 0.2) is 18.2 Å². The third kappa shape index (κ3) is 3.53. The summed E-state index contributed by atoms with van der Waals surface area (Å²) in [5, 5.41) is 9.63. The van der Waals surface area contributed by atoms with Crippen LogP contribution in [0.4, 0.5) is 0 Å². The lowest BCUT2D eigenvalue weighted by atomic mass is 9.74. The van der Waals surface area contributed by atoms with E-state index >= 15 is 0 Å². The van der Waals surface area contributed by atoms with Gasteiger partial charge in [0.2, 0.25) is 5.91 Å². The molecule has 0 saturated heterocycles. The van der Waals surface area contributed by atoms with Gasteiger partial charge in [-0.1, -0.05) is 18.9 Å². The lowest BCUT2D eigenvalue weighted by molar-refractivity contribution is -0.138. The topological polar surface area (TPSA) is 75.8 Å². The van der Waals surface area contributed by atoms with Crippen LogP contribution in [0.3, 0.4) is 0 Å². The van der Waals surface area contributed by atoms with Crippen LogP contribution in [0, 0.1) is 5.92 Å². The molecule has 1 aliphatic rings. The van der Waals surface area contributed by atoms with Crippen molar-refractivity contribution in [1.29, 1.82) is 0 Å². The van der Waals surface area contributed by atoms with Crippen LogP contribution >= 0.6 is 0 Å². The second-order valence-electron chi connectivity index (χ2n) is 6.50. The Morgan fingerprint density at radius 2 is 2.23 bits per heavy atom. The molecule has 1 amide bonds. The zero-order valence-electron chi connectivity index (χ0n) is 13.6. The standard InChI is InChI=1S/C17H26N2O3/c1-17(18)9-5-4-6-13(17)16(21)19(2)11-12-7-8-14(20)15(10-12)22-3/h7-8,10,13,20H,4-6,9,11,18H2,1-3H3.